The van der Waals surface area contributed by atoms with E-state index in [0.29, 0.717) is 17.3 Å². The van der Waals surface area contributed by atoms with Gasteiger partial charge in [0.2, 0.25) is 0 Å². The Labute approximate surface area is 126 Å². The number of aliphatic hydroxyl groups excluding tert-OH is 1. The molecule has 0 bridgehead atoms. The molecule has 7 nitrogen and oxygen atoms in total. The second-order valence-corrected chi connectivity index (χ2v) is 5.58. The predicted octanol–water partition coefficient (Wildman–Crippen LogP) is -0.136. The number of nitrogens with one attached hydrogen (secondary N) is 1. The topological polar surface area (TPSA) is 97.1 Å². The van der Waals surface area contributed by atoms with Crippen LogP contribution in [-0.4, -0.2) is 44.6 Å². The molecule has 0 aliphatic carbocycles. The van der Waals surface area contributed by atoms with E-state index in [1.807, 2.05) is 0 Å². The second-order valence-electron chi connectivity index (χ2n) is 5.58. The number of Topliss-reactive ketones (excluding diaryl/α,β-unsaturated/α-hetero) is 1. The number of hydrogen-bond acceptors (Lipinski definition) is 6. The fraction of sp³-hybridized carbons (Fsp3) is 0.467. The maximum absolute atomic E-state index is 12.3. The molecule has 1 fully saturated rings. The lowest BCUT2D eigenvalue weighted by atomic mass is 9.97. The van der Waals surface area contributed by atoms with Crippen LogP contribution in [0.3, 0.4) is 0 Å². The zero-order valence-electron chi connectivity index (χ0n) is 12.1. The highest BCUT2D eigenvalue weighted by molar-refractivity contribution is 5.80. The van der Waals surface area contributed by atoms with Gasteiger partial charge in [0.05, 0.1) is 11.5 Å². The van der Waals surface area contributed by atoms with Crippen molar-refractivity contribution in [2.45, 2.75) is 38.0 Å². The molecule has 1 aliphatic heterocycles. The number of benzene rings is 1. The lowest BCUT2D eigenvalue weighted by molar-refractivity contribution is -0.121. The largest absolute Gasteiger partial charge is 0.391 e. The quantitative estimate of drug-likeness (QED) is 0.816. The van der Waals surface area contributed by atoms with E-state index in [2.05, 4.69) is 15.6 Å². The van der Waals surface area contributed by atoms with Gasteiger partial charge in [-0.2, -0.15) is 0 Å². The minimum atomic E-state index is -0.517. The summed E-state index contributed by atoms with van der Waals surface area (Å²) in [5, 5.41) is 21.2. The number of nitrogens with zero attached hydrogens (tertiary/aromatic N) is 3. The lowest BCUT2D eigenvalue weighted by Crippen LogP contribution is -2.46. The first-order valence-electron chi connectivity index (χ1n) is 7.41. The first-order valence-corrected chi connectivity index (χ1v) is 7.41. The molecule has 0 amide bonds. The van der Waals surface area contributed by atoms with Gasteiger partial charge in [-0.05, 0) is 31.5 Å². The molecule has 2 N–H and O–H groups in total. The number of carbonyl (C=O) groups excluding carboxylic acids is 1. The monoisotopic (exact) mass is 302 g/mol. The molecule has 2 atom stereocenters. The van der Waals surface area contributed by atoms with Crippen LogP contribution in [0.25, 0.3) is 10.9 Å². The molecule has 1 aromatic heterocycles. The molecule has 2 aromatic rings. The molecule has 1 aromatic carbocycles. The van der Waals surface area contributed by atoms with E-state index in [1.165, 1.54) is 0 Å². The molecule has 116 valence electrons. The number of carbonyl (C=O) groups is 1. The summed E-state index contributed by atoms with van der Waals surface area (Å²) < 4.78 is 1.08. The Morgan fingerprint density at radius 1 is 1.41 bits per heavy atom. The summed E-state index contributed by atoms with van der Waals surface area (Å²) in [4.78, 5) is 24.4. The highest BCUT2D eigenvalue weighted by Crippen LogP contribution is 2.12. The number of aromatic nitrogens is 3. The molecular formula is C15H18N4O3. The van der Waals surface area contributed by atoms with Crippen LogP contribution in [0.1, 0.15) is 19.3 Å². The van der Waals surface area contributed by atoms with Gasteiger partial charge in [-0.15, -0.1) is 5.10 Å². The highest BCUT2D eigenvalue weighted by atomic mass is 16.3. The Morgan fingerprint density at radius 3 is 3.05 bits per heavy atom. The molecule has 2 heterocycles. The third-order valence-corrected chi connectivity index (χ3v) is 3.95. The van der Waals surface area contributed by atoms with E-state index in [1.54, 1.807) is 24.3 Å². The van der Waals surface area contributed by atoms with Crippen LogP contribution < -0.4 is 10.9 Å². The summed E-state index contributed by atoms with van der Waals surface area (Å²) in [6.07, 6.45) is 1.27. The van der Waals surface area contributed by atoms with Crippen molar-refractivity contribution in [3.8, 4) is 0 Å². The van der Waals surface area contributed by atoms with Gasteiger partial charge in [0.25, 0.3) is 5.56 Å². The van der Waals surface area contributed by atoms with E-state index in [0.717, 1.165) is 17.6 Å². The third kappa shape index (κ3) is 3.05. The van der Waals surface area contributed by atoms with Crippen molar-refractivity contribution in [1.29, 1.82) is 0 Å². The second kappa shape index (κ2) is 6.33. The van der Waals surface area contributed by atoms with Crippen LogP contribution in [0.15, 0.2) is 29.1 Å². The van der Waals surface area contributed by atoms with Crippen LogP contribution in [0.4, 0.5) is 0 Å². The lowest BCUT2D eigenvalue weighted by Gasteiger charge is -2.28. The summed E-state index contributed by atoms with van der Waals surface area (Å²) in [7, 11) is 0. The fourth-order valence-electron chi connectivity index (χ4n) is 2.75. The van der Waals surface area contributed by atoms with Gasteiger partial charge in [-0.3, -0.25) is 9.59 Å². The molecular weight excluding hydrogens is 284 g/mol. The van der Waals surface area contributed by atoms with Crippen LogP contribution in [-0.2, 0) is 11.3 Å². The molecule has 1 aliphatic rings. The van der Waals surface area contributed by atoms with Crippen molar-refractivity contribution in [3.05, 3.63) is 34.6 Å². The first kappa shape index (κ1) is 14.8. The van der Waals surface area contributed by atoms with Gasteiger partial charge in [-0.25, -0.2) is 4.68 Å². The number of rotatable bonds is 4. The first-order chi connectivity index (χ1) is 10.6. The van der Waals surface area contributed by atoms with Gasteiger partial charge >= 0.3 is 0 Å². The predicted molar refractivity (Wildman–Crippen MR) is 80.5 cm³/mol. The maximum atomic E-state index is 12.3. The Bertz CT molecular complexity index is 743. The van der Waals surface area contributed by atoms with Gasteiger partial charge in [-0.1, -0.05) is 17.3 Å². The van der Waals surface area contributed by atoms with Gasteiger partial charge in [0.15, 0.2) is 5.78 Å². The summed E-state index contributed by atoms with van der Waals surface area (Å²) >= 11 is 0. The van der Waals surface area contributed by atoms with Gasteiger partial charge in [0, 0.05) is 12.5 Å². The average molecular weight is 302 g/mol. The highest BCUT2D eigenvalue weighted by Gasteiger charge is 2.25. The van der Waals surface area contributed by atoms with Crippen molar-refractivity contribution in [3.63, 3.8) is 0 Å². The molecule has 3 rings (SSSR count). The Kier molecular flexibility index (Phi) is 4.26. The number of hydrogen-bond donors (Lipinski definition) is 2. The van der Waals surface area contributed by atoms with Crippen molar-refractivity contribution >= 4 is 16.7 Å². The smallest absolute Gasteiger partial charge is 0.278 e. The maximum Gasteiger partial charge on any atom is 0.278 e. The van der Waals surface area contributed by atoms with Gasteiger partial charge < -0.3 is 10.4 Å². The summed E-state index contributed by atoms with van der Waals surface area (Å²) in [6, 6.07) is 6.66. The zero-order chi connectivity index (χ0) is 15.5. The van der Waals surface area contributed by atoms with Crippen LogP contribution in [0.2, 0.25) is 0 Å². The molecule has 0 radical (unpaired) electrons. The SMILES string of the molecule is O=C(C[C@H]1NCCC[C@@H]1O)Cn1nnc2ccccc2c1=O. The molecule has 1 saturated heterocycles. The van der Waals surface area contributed by atoms with E-state index < -0.39 is 6.10 Å². The minimum absolute atomic E-state index is 0.123. The molecule has 22 heavy (non-hydrogen) atoms. The van der Waals surface area contributed by atoms with Crippen molar-refractivity contribution in [2.75, 3.05) is 6.54 Å². The number of fused-ring (bicyclic) bond motifs is 1. The zero-order valence-corrected chi connectivity index (χ0v) is 12.1. The molecule has 0 saturated carbocycles. The summed E-state index contributed by atoms with van der Waals surface area (Å²) in [5.74, 6) is -0.148. The average Bonchev–Trinajstić information content (AvgIpc) is 2.53. The number of aliphatic hydroxyl groups is 1. The standard InChI is InChI=1S/C15H18N4O3/c20-10(8-13-14(21)6-3-7-16-13)9-19-15(22)11-4-1-2-5-12(11)17-18-19/h1-2,4-5,13-14,16,21H,3,6-9H2/t13-,14+/m1/s1. The normalized spacial score (nSPS) is 21.9. The Balaban J connectivity index is 1.74. The van der Waals surface area contributed by atoms with Gasteiger partial charge in [0.1, 0.15) is 12.1 Å². The van der Waals surface area contributed by atoms with E-state index in [4.69, 9.17) is 0 Å². The van der Waals surface area contributed by atoms with Crippen molar-refractivity contribution in [1.82, 2.24) is 20.3 Å². The number of piperidine rings is 1. The fourth-order valence-corrected chi connectivity index (χ4v) is 2.75. The Hall–Kier alpha value is -2.12. The van der Waals surface area contributed by atoms with Crippen LogP contribution >= 0.6 is 0 Å². The molecule has 7 heteroatoms. The van der Waals surface area contributed by atoms with Crippen LogP contribution in [0.5, 0.6) is 0 Å². The van der Waals surface area contributed by atoms with Crippen molar-refractivity contribution in [2.24, 2.45) is 0 Å². The van der Waals surface area contributed by atoms with Crippen LogP contribution in [0, 0.1) is 0 Å². The molecule has 0 unspecified atom stereocenters. The van der Waals surface area contributed by atoms with E-state index >= 15 is 0 Å². The molecule has 0 spiro atoms. The summed E-state index contributed by atoms with van der Waals surface area (Å²) in [6.45, 7) is 0.673. The van der Waals surface area contributed by atoms with Crippen molar-refractivity contribution < 1.29 is 9.90 Å². The minimum Gasteiger partial charge on any atom is -0.391 e. The Morgan fingerprint density at radius 2 is 2.23 bits per heavy atom. The third-order valence-electron chi connectivity index (χ3n) is 3.95. The van der Waals surface area contributed by atoms with E-state index in [-0.39, 0.29) is 30.3 Å². The van der Waals surface area contributed by atoms with E-state index in [9.17, 15) is 14.7 Å². The summed E-state index contributed by atoms with van der Waals surface area (Å²) in [5.41, 5.74) is 0.191. The number of ketones is 1.